The van der Waals surface area contributed by atoms with Crippen molar-refractivity contribution < 1.29 is 23.6 Å². The van der Waals surface area contributed by atoms with E-state index in [0.717, 1.165) is 17.7 Å². The van der Waals surface area contributed by atoms with Crippen molar-refractivity contribution in [3.63, 3.8) is 0 Å². The smallest absolute Gasteiger partial charge is 0.418 e. The van der Waals surface area contributed by atoms with Gasteiger partial charge < -0.3 is 14.0 Å². The molecular weight excluding hydrogens is 266 g/mol. The van der Waals surface area contributed by atoms with Gasteiger partial charge in [-0.05, 0) is 26.7 Å². The highest BCUT2D eigenvalue weighted by Gasteiger charge is 2.47. The van der Waals surface area contributed by atoms with Crippen molar-refractivity contribution in [2.45, 2.75) is 44.9 Å². The van der Waals surface area contributed by atoms with Crippen LogP contribution in [0.1, 0.15) is 44.5 Å². The molecule has 2 fully saturated rings. The van der Waals surface area contributed by atoms with Crippen molar-refractivity contribution in [2.24, 2.45) is 0 Å². The van der Waals surface area contributed by atoms with Crippen LogP contribution in [0.4, 0.5) is 4.79 Å². The van der Waals surface area contributed by atoms with Crippen LogP contribution < -0.4 is 0 Å². The van der Waals surface area contributed by atoms with Crippen LogP contribution in [0.15, 0.2) is 4.52 Å². The molecule has 2 aliphatic rings. The Bertz CT molecular complexity index is 547. The molecule has 0 aromatic carbocycles. The zero-order chi connectivity index (χ0) is 14.3. The highest BCUT2D eigenvalue weighted by Crippen LogP contribution is 2.28. The summed E-state index contributed by atoms with van der Waals surface area (Å²) in [6.45, 7) is 3.70. The highest BCUT2D eigenvalue weighted by atomic mass is 16.6. The van der Waals surface area contributed by atoms with Crippen LogP contribution in [0.25, 0.3) is 0 Å². The van der Waals surface area contributed by atoms with Crippen molar-refractivity contribution in [2.75, 3.05) is 6.61 Å². The quantitative estimate of drug-likeness (QED) is 0.820. The third-order valence-corrected chi connectivity index (χ3v) is 3.31. The monoisotopic (exact) mass is 281 g/mol. The number of amides is 2. The highest BCUT2D eigenvalue weighted by molar-refractivity contribution is 6.02. The third-order valence-electron chi connectivity index (χ3n) is 3.31. The first-order valence-corrected chi connectivity index (χ1v) is 6.46. The van der Waals surface area contributed by atoms with Crippen LogP contribution in [0.2, 0.25) is 0 Å². The summed E-state index contributed by atoms with van der Waals surface area (Å²) in [6.07, 6.45) is 0.907. The number of imide groups is 1. The lowest BCUT2D eigenvalue weighted by Gasteiger charge is -2.12. The fourth-order valence-corrected chi connectivity index (χ4v) is 2.24. The molecule has 2 amide bonds. The molecule has 1 atom stereocenters. The van der Waals surface area contributed by atoms with Gasteiger partial charge in [-0.1, -0.05) is 5.16 Å². The first-order chi connectivity index (χ1) is 9.47. The van der Waals surface area contributed by atoms with E-state index in [1.165, 1.54) is 0 Å². The van der Waals surface area contributed by atoms with E-state index >= 15 is 0 Å². The molecule has 1 aromatic heterocycles. The second kappa shape index (κ2) is 4.55. The molecule has 0 bridgehead atoms. The van der Waals surface area contributed by atoms with Gasteiger partial charge in [0, 0.05) is 6.61 Å². The molecule has 2 saturated heterocycles. The van der Waals surface area contributed by atoms with Gasteiger partial charge in [0.25, 0.3) is 11.8 Å². The lowest BCUT2D eigenvalue weighted by atomic mass is 10.1. The van der Waals surface area contributed by atoms with Crippen molar-refractivity contribution >= 4 is 12.0 Å². The zero-order valence-electron chi connectivity index (χ0n) is 11.3. The maximum Gasteiger partial charge on any atom is 0.418 e. The maximum atomic E-state index is 12.0. The van der Waals surface area contributed by atoms with E-state index in [-0.39, 0.29) is 18.5 Å². The largest absolute Gasteiger partial charge is 0.433 e. The minimum Gasteiger partial charge on any atom is -0.433 e. The molecule has 0 radical (unpaired) electrons. The Balaban J connectivity index is 1.72. The van der Waals surface area contributed by atoms with Crippen molar-refractivity contribution in [1.82, 2.24) is 15.0 Å². The van der Waals surface area contributed by atoms with E-state index in [1.807, 2.05) is 0 Å². The van der Waals surface area contributed by atoms with Crippen LogP contribution >= 0.6 is 0 Å². The predicted octanol–water partition coefficient (Wildman–Crippen LogP) is 1.18. The normalized spacial score (nSPS) is 25.3. The lowest BCUT2D eigenvalue weighted by Crippen LogP contribution is -2.36. The molecule has 0 aliphatic carbocycles. The number of ether oxygens (including phenoxy) is 2. The van der Waals surface area contributed by atoms with E-state index in [0.29, 0.717) is 12.5 Å². The predicted molar refractivity (Wildman–Crippen MR) is 63.3 cm³/mol. The topological polar surface area (TPSA) is 94.8 Å². The van der Waals surface area contributed by atoms with Gasteiger partial charge in [0.15, 0.2) is 11.4 Å². The van der Waals surface area contributed by atoms with Gasteiger partial charge in [-0.3, -0.25) is 4.79 Å². The minimum absolute atomic E-state index is 0.0582. The number of aromatic nitrogens is 2. The van der Waals surface area contributed by atoms with E-state index < -0.39 is 17.6 Å². The Morgan fingerprint density at radius 1 is 1.40 bits per heavy atom. The lowest BCUT2D eigenvalue weighted by molar-refractivity contribution is -0.135. The van der Waals surface area contributed by atoms with Gasteiger partial charge in [-0.2, -0.15) is 4.98 Å². The summed E-state index contributed by atoms with van der Waals surface area (Å²) in [6, 6.07) is 0. The van der Waals surface area contributed by atoms with Crippen LogP contribution in [0.3, 0.4) is 0 Å². The van der Waals surface area contributed by atoms with Gasteiger partial charge in [0.05, 0.1) is 6.54 Å². The maximum absolute atomic E-state index is 12.0. The molecule has 0 unspecified atom stereocenters. The summed E-state index contributed by atoms with van der Waals surface area (Å²) in [7, 11) is 0. The van der Waals surface area contributed by atoms with E-state index in [9.17, 15) is 9.59 Å². The van der Waals surface area contributed by atoms with Crippen LogP contribution in [0.5, 0.6) is 0 Å². The number of carbonyl (C=O) groups excluding carboxylic acids is 2. The Morgan fingerprint density at radius 3 is 2.80 bits per heavy atom. The van der Waals surface area contributed by atoms with Crippen LogP contribution in [0, 0.1) is 0 Å². The van der Waals surface area contributed by atoms with E-state index in [2.05, 4.69) is 10.1 Å². The molecule has 0 spiro atoms. The van der Waals surface area contributed by atoms with Crippen molar-refractivity contribution in [3.8, 4) is 0 Å². The molecule has 3 rings (SSSR count). The average Bonchev–Trinajstić information content (AvgIpc) is 3.07. The number of nitrogens with zero attached hydrogens (tertiary/aromatic N) is 3. The molecular formula is C12H15N3O5. The summed E-state index contributed by atoms with van der Waals surface area (Å²) < 4.78 is 15.5. The summed E-state index contributed by atoms with van der Waals surface area (Å²) in [4.78, 5) is 28.8. The van der Waals surface area contributed by atoms with E-state index in [1.54, 1.807) is 13.8 Å². The first-order valence-electron chi connectivity index (χ1n) is 6.46. The molecule has 20 heavy (non-hydrogen) atoms. The summed E-state index contributed by atoms with van der Waals surface area (Å²) in [5, 5.41) is 3.77. The summed E-state index contributed by atoms with van der Waals surface area (Å²) in [5.74, 6) is 0.237. The van der Waals surface area contributed by atoms with Gasteiger partial charge in [-0.15, -0.1) is 0 Å². The van der Waals surface area contributed by atoms with Gasteiger partial charge in [-0.25, -0.2) is 9.69 Å². The number of rotatable bonds is 3. The average molecular weight is 281 g/mol. The molecule has 0 saturated carbocycles. The summed E-state index contributed by atoms with van der Waals surface area (Å²) in [5.41, 5.74) is -1.14. The van der Waals surface area contributed by atoms with Gasteiger partial charge >= 0.3 is 6.09 Å². The Kier molecular flexibility index (Phi) is 2.97. The molecule has 1 aromatic rings. The van der Waals surface area contributed by atoms with Crippen molar-refractivity contribution in [3.05, 3.63) is 11.7 Å². The molecule has 108 valence electrons. The van der Waals surface area contributed by atoms with E-state index in [4.69, 9.17) is 14.0 Å². The van der Waals surface area contributed by atoms with Crippen molar-refractivity contribution in [1.29, 1.82) is 0 Å². The Morgan fingerprint density at radius 2 is 2.20 bits per heavy atom. The second-order valence-corrected chi connectivity index (χ2v) is 5.32. The minimum atomic E-state index is -1.14. The Labute approximate surface area is 115 Å². The standard InChI is InChI=1S/C12H15N3O5/c1-12(2)10(16)15(11(17)19-12)6-8-13-9(20-14-8)7-4-3-5-18-7/h7H,3-6H2,1-2H3/t7-/m1/s1. The second-order valence-electron chi connectivity index (χ2n) is 5.32. The fourth-order valence-electron chi connectivity index (χ4n) is 2.24. The van der Waals surface area contributed by atoms with Crippen LogP contribution in [-0.2, 0) is 20.8 Å². The zero-order valence-corrected chi connectivity index (χ0v) is 11.3. The third kappa shape index (κ3) is 2.15. The number of hydrogen-bond acceptors (Lipinski definition) is 7. The van der Waals surface area contributed by atoms with Gasteiger partial charge in [0.1, 0.15) is 6.10 Å². The SMILES string of the molecule is CC1(C)OC(=O)N(Cc2noc([C@H]3CCCO3)n2)C1=O. The number of carbonyl (C=O) groups is 2. The van der Waals surface area contributed by atoms with Crippen LogP contribution in [-0.4, -0.2) is 39.2 Å². The number of cyclic esters (lactones) is 1. The van der Waals surface area contributed by atoms with Gasteiger partial charge in [0.2, 0.25) is 0 Å². The molecule has 2 aliphatic heterocycles. The number of hydrogen-bond donors (Lipinski definition) is 0. The molecule has 3 heterocycles. The molecule has 8 heteroatoms. The fraction of sp³-hybridized carbons (Fsp3) is 0.667. The molecule has 8 nitrogen and oxygen atoms in total. The Hall–Kier alpha value is -1.96. The molecule has 0 N–H and O–H groups in total. The first kappa shape index (κ1) is 13.0. The summed E-state index contributed by atoms with van der Waals surface area (Å²) >= 11 is 0.